The van der Waals surface area contributed by atoms with Crippen molar-refractivity contribution in [2.75, 3.05) is 113 Å². The van der Waals surface area contributed by atoms with Gasteiger partial charge in [-0.25, -0.2) is 19.2 Å². The lowest BCUT2D eigenvalue weighted by Crippen LogP contribution is -2.31. The Hall–Kier alpha value is -9.73. The van der Waals surface area contributed by atoms with E-state index in [0.29, 0.717) is 106 Å². The average Bonchev–Trinajstić information content (AvgIpc) is 1.35. The Morgan fingerprint density at radius 2 is 0.713 bits per heavy atom. The number of carbonyl (C=O) groups is 13. The Morgan fingerprint density at radius 3 is 1.00 bits per heavy atom. The Morgan fingerprint density at radius 1 is 0.419 bits per heavy atom. The molecule has 32 heteroatoms. The number of methoxy groups -OCH3 is 1. The number of ketones is 1. The first-order valence-electron chi connectivity index (χ1n) is 47.0. The van der Waals surface area contributed by atoms with Crippen molar-refractivity contribution in [1.29, 1.82) is 0 Å². The van der Waals surface area contributed by atoms with Gasteiger partial charge in [-0.1, -0.05) is 141 Å². The summed E-state index contributed by atoms with van der Waals surface area (Å²) in [6.45, 7) is 72.0. The van der Waals surface area contributed by atoms with Crippen LogP contribution in [-0.4, -0.2) is 245 Å². The monoisotopic (exact) mass is 1930 g/mol. The number of hydrogen-bond donors (Lipinski definition) is 5. The van der Waals surface area contributed by atoms with E-state index in [2.05, 4.69) is 68.4 Å². The Bertz CT molecular complexity index is 3690. The van der Waals surface area contributed by atoms with Crippen LogP contribution >= 0.6 is 0 Å². The van der Waals surface area contributed by atoms with Crippen molar-refractivity contribution in [2.24, 2.45) is 37.9 Å². The van der Waals surface area contributed by atoms with Gasteiger partial charge in [0.15, 0.2) is 5.78 Å². The van der Waals surface area contributed by atoms with E-state index >= 15 is 0 Å². The van der Waals surface area contributed by atoms with E-state index in [-0.39, 0.29) is 130 Å². The maximum Gasteiger partial charge on any atom is 0.335 e. The van der Waals surface area contributed by atoms with Gasteiger partial charge in [0.25, 0.3) is 0 Å². The van der Waals surface area contributed by atoms with Crippen LogP contribution in [0.25, 0.3) is 0 Å². The number of nitrogens with zero attached hydrogens (tertiary/aromatic N) is 1. The third-order valence-corrected chi connectivity index (χ3v) is 22.3. The number of ether oxygens (including phenoxy) is 13. The van der Waals surface area contributed by atoms with E-state index in [4.69, 9.17) is 62.3 Å². The molecule has 0 bridgehead atoms. The van der Waals surface area contributed by atoms with E-state index in [0.717, 1.165) is 64.0 Å². The first-order valence-corrected chi connectivity index (χ1v) is 47.0. The molecule has 1 saturated heterocycles. The maximum atomic E-state index is 11.7. The summed E-state index contributed by atoms with van der Waals surface area (Å²) in [6, 6.07) is 14.5. The molecule has 0 aromatic heterocycles. The fourth-order valence-corrected chi connectivity index (χ4v) is 8.34. The molecular weight excluding hydrogens is 1760 g/mol. The zero-order chi connectivity index (χ0) is 107. The topological polar surface area (TPSA) is 450 Å². The highest BCUT2D eigenvalue weighted by molar-refractivity contribution is 5.94. The molecule has 0 saturated carbocycles. The number of aromatic hydroxyl groups is 1. The van der Waals surface area contributed by atoms with E-state index in [9.17, 15) is 77.6 Å². The fraction of sp³-hybridized carbons (Fsp3) is 0.683. The van der Waals surface area contributed by atoms with Crippen LogP contribution in [0.15, 0.2) is 98.1 Å². The lowest BCUT2D eigenvalue weighted by Gasteiger charge is -2.21. The SMILES string of the molecule is C=C(C)C(=O)CCCOC(=O)C(C)(C)CC.C=C(C)C(=O)OCCOC(=O)C(C)(C)CC.C=CC(=O)OCC(O)COC(=O)C(C)(C)CC.C=CC(=O)OCC(O)COC(=O)C(C)(C)CC.CCC(C)(C)C(=O)OCC1CO1.CCC(C)(C)C(=O)OCCOC.CCC(C)c1ccc(C(=O)O)cc1.CCC(C)c1ccc(O)cc1.CCN(CC)CCC(=O)OCC(O)COC(=O)C(C)(C)CC. The molecule has 3 rings (SSSR count). The van der Waals surface area contributed by atoms with Crippen LogP contribution in [0.3, 0.4) is 0 Å². The molecule has 1 aliphatic rings. The molecule has 0 spiro atoms. The number of aromatic carboxylic acids is 1. The van der Waals surface area contributed by atoms with Crippen molar-refractivity contribution in [2.45, 2.75) is 314 Å². The fourth-order valence-electron chi connectivity index (χ4n) is 8.34. The quantitative estimate of drug-likeness (QED) is 0.0135. The van der Waals surface area contributed by atoms with E-state index in [1.165, 1.54) is 11.1 Å². The van der Waals surface area contributed by atoms with Gasteiger partial charge in [-0.15, -0.1) is 0 Å². The van der Waals surface area contributed by atoms with Crippen molar-refractivity contribution >= 4 is 77.4 Å². The number of carbonyl (C=O) groups excluding carboxylic acids is 12. The van der Waals surface area contributed by atoms with Crippen LogP contribution in [0.1, 0.15) is 311 Å². The maximum absolute atomic E-state index is 11.7. The second-order valence-electron chi connectivity index (χ2n) is 36.9. The highest BCUT2D eigenvalue weighted by atomic mass is 16.6. The molecule has 0 radical (unpaired) electrons. The summed E-state index contributed by atoms with van der Waals surface area (Å²) in [4.78, 5) is 148. The molecule has 0 aliphatic carbocycles. The van der Waals surface area contributed by atoms with Crippen LogP contribution in [0.4, 0.5) is 0 Å². The number of carboxylic acid groups (broad SMARTS) is 1. The molecule has 2 aromatic carbocycles. The number of allylic oxidation sites excluding steroid dienone is 1. The predicted molar refractivity (Wildman–Crippen MR) is 524 cm³/mol. The van der Waals surface area contributed by atoms with Gasteiger partial charge < -0.3 is 92.0 Å². The van der Waals surface area contributed by atoms with Crippen LogP contribution in [-0.2, 0) is 119 Å². The summed E-state index contributed by atoms with van der Waals surface area (Å²) < 4.78 is 63.6. The number of aliphatic hydroxyl groups is 3. The normalized spacial score (nSPS) is 13.0. The molecule has 136 heavy (non-hydrogen) atoms. The van der Waals surface area contributed by atoms with Crippen molar-refractivity contribution in [3.63, 3.8) is 0 Å². The average molecular weight is 1940 g/mol. The van der Waals surface area contributed by atoms with Gasteiger partial charge >= 0.3 is 71.6 Å². The van der Waals surface area contributed by atoms with Crippen molar-refractivity contribution in [3.8, 4) is 5.75 Å². The van der Waals surface area contributed by atoms with Crippen molar-refractivity contribution in [1.82, 2.24) is 4.90 Å². The summed E-state index contributed by atoms with van der Waals surface area (Å²) in [6.07, 6.45) is 7.60. The Labute approximate surface area is 813 Å². The number of esters is 11. The van der Waals surface area contributed by atoms with E-state index < -0.39 is 69.3 Å². The third kappa shape index (κ3) is 67.5. The van der Waals surface area contributed by atoms with Crippen LogP contribution in [0.2, 0.25) is 0 Å². The zero-order valence-corrected chi connectivity index (χ0v) is 88.2. The van der Waals surface area contributed by atoms with Crippen molar-refractivity contribution < 1.29 is 149 Å². The second kappa shape index (κ2) is 74.4. The van der Waals surface area contributed by atoms with E-state index in [1.807, 2.05) is 142 Å². The molecule has 6 atom stereocenters. The Kier molecular flexibility index (Phi) is 74.9. The number of epoxide rings is 1. The zero-order valence-electron chi connectivity index (χ0n) is 88.2. The predicted octanol–water partition coefficient (Wildman–Crippen LogP) is 17.5. The molecule has 0 amide bonds. The lowest BCUT2D eigenvalue weighted by atomic mass is 9.91. The van der Waals surface area contributed by atoms with Gasteiger partial charge in [-0.2, -0.15) is 0 Å². The minimum atomic E-state index is -1.02. The van der Waals surface area contributed by atoms with Crippen LogP contribution in [0.5, 0.6) is 5.75 Å². The van der Waals surface area contributed by atoms with E-state index in [1.54, 1.807) is 86.8 Å². The van der Waals surface area contributed by atoms with Gasteiger partial charge in [0.05, 0.1) is 69.7 Å². The van der Waals surface area contributed by atoms with Gasteiger partial charge in [0.1, 0.15) is 96.2 Å². The van der Waals surface area contributed by atoms with Crippen molar-refractivity contribution in [3.05, 3.63) is 115 Å². The van der Waals surface area contributed by atoms with Gasteiger partial charge in [-0.05, 0) is 241 Å². The summed E-state index contributed by atoms with van der Waals surface area (Å²) in [5, 5.41) is 46.2. The molecule has 32 nitrogen and oxygen atoms in total. The van der Waals surface area contributed by atoms with Crippen LogP contribution in [0, 0.1) is 37.9 Å². The smallest absolute Gasteiger partial charge is 0.335 e. The number of phenols is 1. The number of phenolic OH excluding ortho intramolecular Hbond substituents is 1. The lowest BCUT2D eigenvalue weighted by molar-refractivity contribution is -0.160. The number of Topliss-reactive ketones (excluding diaryl/α,β-unsaturated/α-hetero) is 1. The molecule has 782 valence electrons. The first kappa shape index (κ1) is 137. The number of rotatable bonds is 52. The standard InChI is InChI=1S/C16H31NO5.C13H22O3.2C12H20O5.C12H20O4.C11H14O2.C10H14O.C9H16O3.C9H18O3/c1-6-16(4,5)15(20)22-12-13(18)11-21-14(19)9-10-17(7-2)8-3;1-6-13(4,5)12(15)16-9-7-8-11(14)10(2)3;2*1-5-10(14)16-7-9(13)8-17-11(15)12(3,4)6-2;1-6-12(4,5)11(14)16-8-7-15-10(13)9(2)3;1-3-8(2)9-4-6-10(7-5-9)11(12)13;1-3-8(2)9-4-6-10(11)7-5-9;1-4-9(2,3)8(10)12-6-7-5-11-7;1-5-9(2,3)8(10)12-7-6-11-4/h13,18H,6-12H2,1-5H3;2,6-9H2,1,3-5H3;2*5,9,13H,1,6-8H2,2-4H3;2,6-8H2,1,3-5H3;4-8H,3H2,1-2H3,(H,12,13);4-8,11H,3H2,1-2H3;7H,4-6H2,1-3H3;5-7H2,1-4H3. The summed E-state index contributed by atoms with van der Waals surface area (Å²) in [5.41, 5.74) is 0.388. The summed E-state index contributed by atoms with van der Waals surface area (Å²) in [5.74, 6) is -3.32. The molecule has 2 aromatic rings. The molecular formula is C104H175NO31. The third-order valence-electron chi connectivity index (χ3n) is 22.3. The first-order chi connectivity index (χ1) is 63.0. The van der Waals surface area contributed by atoms with Gasteiger partial charge in [-0.3, -0.25) is 43.2 Å². The number of aliphatic hydroxyl groups excluding tert-OH is 3. The molecule has 1 aliphatic heterocycles. The largest absolute Gasteiger partial charge is 0.508 e. The summed E-state index contributed by atoms with van der Waals surface area (Å²) in [7, 11) is 1.58. The number of benzene rings is 2. The van der Waals surface area contributed by atoms with Gasteiger partial charge in [0, 0.05) is 37.8 Å². The summed E-state index contributed by atoms with van der Waals surface area (Å²) >= 11 is 0. The Balaban J connectivity index is -0.000000352. The highest BCUT2D eigenvalue weighted by Gasteiger charge is 2.34. The molecule has 1 fully saturated rings. The number of carboxylic acids is 1. The van der Waals surface area contributed by atoms with Gasteiger partial charge in [0.2, 0.25) is 0 Å². The van der Waals surface area contributed by atoms with Crippen LogP contribution < -0.4 is 0 Å². The molecule has 5 N–H and O–H groups in total. The molecule has 6 unspecified atom stereocenters. The minimum absolute atomic E-state index is 0.0331. The number of hydrogen-bond acceptors (Lipinski definition) is 31. The highest BCUT2D eigenvalue weighted by Crippen LogP contribution is 2.28. The molecule has 1 heterocycles. The second-order valence-corrected chi connectivity index (χ2v) is 36.9. The minimum Gasteiger partial charge on any atom is -0.508 e.